The number of halogens is 2. The summed E-state index contributed by atoms with van der Waals surface area (Å²) in [4.78, 5) is 0. The van der Waals surface area contributed by atoms with E-state index in [-0.39, 0.29) is 12.7 Å². The van der Waals surface area contributed by atoms with Gasteiger partial charge in [0.2, 0.25) is 0 Å². The lowest BCUT2D eigenvalue weighted by Gasteiger charge is -2.17. The summed E-state index contributed by atoms with van der Waals surface area (Å²) in [5.41, 5.74) is 0. The highest BCUT2D eigenvalue weighted by molar-refractivity contribution is 8.05. The second-order valence-corrected chi connectivity index (χ2v) is 12.2. The van der Waals surface area contributed by atoms with Crippen molar-refractivity contribution in [1.29, 1.82) is 0 Å². The van der Waals surface area contributed by atoms with Crippen LogP contribution in [0.25, 0.3) is 0 Å². The quantitative estimate of drug-likeness (QED) is 0.119. The molecule has 3 nitrogen and oxygen atoms in total. The summed E-state index contributed by atoms with van der Waals surface area (Å²) < 4.78 is 21.8. The van der Waals surface area contributed by atoms with Crippen LogP contribution >= 0.6 is 28.6 Å². The maximum Gasteiger partial charge on any atom is 0.380 e. The number of ether oxygens (including phenoxy) is 1. The third kappa shape index (κ3) is 23.0. The Morgan fingerprint density at radius 1 is 0.679 bits per heavy atom. The average molecular weight is 459 g/mol. The second kappa shape index (κ2) is 21.0. The summed E-state index contributed by atoms with van der Waals surface area (Å²) in [6.45, 7) is 5.04. The summed E-state index contributed by atoms with van der Waals surface area (Å²) in [5.74, 6) is 0. The van der Waals surface area contributed by atoms with Crippen LogP contribution in [-0.4, -0.2) is 19.3 Å². The molecule has 0 saturated heterocycles. The minimum absolute atomic E-state index is 0.0672. The maximum atomic E-state index is 11.2. The molecule has 0 aromatic rings. The SMILES string of the molecule is CCCCCCCCCCCCCCCCCCC(COP(=O)(Cl)Cl)OCC. The number of unbranched alkanes of at least 4 members (excludes halogenated alkanes) is 15. The van der Waals surface area contributed by atoms with Gasteiger partial charge in [-0.05, 0) is 35.8 Å². The van der Waals surface area contributed by atoms with Crippen molar-refractivity contribution >= 4 is 28.6 Å². The van der Waals surface area contributed by atoms with Gasteiger partial charge in [-0.3, -0.25) is 4.57 Å². The van der Waals surface area contributed by atoms with Gasteiger partial charge < -0.3 is 9.26 Å². The van der Waals surface area contributed by atoms with E-state index in [0.717, 1.165) is 12.8 Å². The summed E-state index contributed by atoms with van der Waals surface area (Å²) in [6.07, 6.45) is 19.2. The van der Waals surface area contributed by atoms with Crippen LogP contribution < -0.4 is 0 Å². The van der Waals surface area contributed by atoms with Crippen LogP contribution in [0, 0.1) is 0 Å². The molecule has 0 spiro atoms. The molecular formula is C22H45Cl2O3P. The van der Waals surface area contributed by atoms with Crippen molar-refractivity contribution in [2.24, 2.45) is 0 Å². The van der Waals surface area contributed by atoms with Crippen molar-refractivity contribution in [1.82, 2.24) is 0 Å². The first-order chi connectivity index (χ1) is 13.5. The van der Waals surface area contributed by atoms with Gasteiger partial charge in [0.05, 0.1) is 12.7 Å². The first kappa shape index (κ1) is 28.7. The van der Waals surface area contributed by atoms with Gasteiger partial charge in [0, 0.05) is 6.61 Å². The van der Waals surface area contributed by atoms with Crippen molar-refractivity contribution in [2.75, 3.05) is 13.2 Å². The van der Waals surface area contributed by atoms with E-state index in [2.05, 4.69) is 6.92 Å². The Kier molecular flexibility index (Phi) is 21.5. The second-order valence-electron chi connectivity index (χ2n) is 7.88. The summed E-state index contributed by atoms with van der Waals surface area (Å²) in [5, 5.41) is 0. The van der Waals surface area contributed by atoms with Crippen molar-refractivity contribution in [3.63, 3.8) is 0 Å². The molecule has 170 valence electrons. The van der Waals surface area contributed by atoms with E-state index in [0.29, 0.717) is 6.61 Å². The minimum atomic E-state index is -3.45. The zero-order valence-corrected chi connectivity index (χ0v) is 20.8. The molecule has 1 atom stereocenters. The third-order valence-electron chi connectivity index (χ3n) is 5.19. The molecular weight excluding hydrogens is 414 g/mol. The van der Waals surface area contributed by atoms with Crippen molar-refractivity contribution in [3.05, 3.63) is 0 Å². The normalized spacial score (nSPS) is 13.1. The van der Waals surface area contributed by atoms with Crippen LogP contribution in [0.1, 0.15) is 123 Å². The molecule has 0 fully saturated rings. The number of hydrogen-bond acceptors (Lipinski definition) is 3. The predicted octanol–water partition coefficient (Wildman–Crippen LogP) is 9.65. The van der Waals surface area contributed by atoms with Crippen molar-refractivity contribution in [3.8, 4) is 0 Å². The first-order valence-corrected chi connectivity index (χ1v) is 15.2. The van der Waals surface area contributed by atoms with Gasteiger partial charge in [0.25, 0.3) is 0 Å². The Hall–Kier alpha value is 0.730. The standard InChI is InChI=1S/C22H45Cl2O3P/c1-3-5-6-7-8-9-10-11-12-13-14-15-16-17-18-19-20-22(26-4-2)21-27-28(23,24)25/h22H,3-21H2,1-2H3. The van der Waals surface area contributed by atoms with Gasteiger partial charge in [-0.15, -0.1) is 0 Å². The van der Waals surface area contributed by atoms with Crippen LogP contribution in [0.3, 0.4) is 0 Å². The lowest BCUT2D eigenvalue weighted by molar-refractivity contribution is 0.0232. The van der Waals surface area contributed by atoms with Crippen LogP contribution in [0.15, 0.2) is 0 Å². The van der Waals surface area contributed by atoms with Crippen molar-refractivity contribution < 1.29 is 13.8 Å². The van der Waals surface area contributed by atoms with Gasteiger partial charge in [-0.1, -0.05) is 110 Å². The summed E-state index contributed by atoms with van der Waals surface area (Å²) in [6, 6.07) is 0. The molecule has 0 amide bonds. The Morgan fingerprint density at radius 3 is 1.43 bits per heavy atom. The van der Waals surface area contributed by atoms with Gasteiger partial charge in [-0.2, -0.15) is 0 Å². The number of rotatable bonds is 22. The Labute approximate surface area is 184 Å². The number of hydrogen-bond donors (Lipinski definition) is 0. The Morgan fingerprint density at radius 2 is 1.07 bits per heavy atom. The average Bonchev–Trinajstić information content (AvgIpc) is 2.65. The molecule has 28 heavy (non-hydrogen) atoms. The molecule has 0 aliphatic heterocycles. The topological polar surface area (TPSA) is 35.5 Å². The fourth-order valence-electron chi connectivity index (χ4n) is 3.54. The highest BCUT2D eigenvalue weighted by Crippen LogP contribution is 2.57. The minimum Gasteiger partial charge on any atom is -0.376 e. The molecule has 1 unspecified atom stereocenters. The zero-order valence-electron chi connectivity index (χ0n) is 18.4. The molecule has 6 heteroatoms. The fraction of sp³-hybridized carbons (Fsp3) is 1.00. The van der Waals surface area contributed by atoms with Crippen LogP contribution in [-0.2, 0) is 13.8 Å². The van der Waals surface area contributed by atoms with Crippen molar-refractivity contribution in [2.45, 2.75) is 129 Å². The first-order valence-electron chi connectivity index (χ1n) is 11.7. The van der Waals surface area contributed by atoms with Gasteiger partial charge in [-0.25, -0.2) is 0 Å². The fourth-order valence-corrected chi connectivity index (χ4v) is 4.22. The highest BCUT2D eigenvalue weighted by atomic mass is 35.9. The van der Waals surface area contributed by atoms with E-state index in [1.54, 1.807) is 0 Å². The van der Waals surface area contributed by atoms with E-state index in [9.17, 15) is 4.57 Å². The lowest BCUT2D eigenvalue weighted by Crippen LogP contribution is -2.18. The molecule has 0 bridgehead atoms. The van der Waals surface area contributed by atoms with Crippen LogP contribution in [0.4, 0.5) is 0 Å². The molecule has 0 aliphatic carbocycles. The molecule has 0 saturated carbocycles. The van der Waals surface area contributed by atoms with Crippen LogP contribution in [0.5, 0.6) is 0 Å². The molecule has 0 rings (SSSR count). The van der Waals surface area contributed by atoms with Gasteiger partial charge in [0.15, 0.2) is 0 Å². The summed E-state index contributed by atoms with van der Waals surface area (Å²) in [7, 11) is 0. The Bertz CT molecular complexity index is 364. The summed E-state index contributed by atoms with van der Waals surface area (Å²) >= 11 is 10.8. The third-order valence-corrected chi connectivity index (χ3v) is 6.23. The van der Waals surface area contributed by atoms with Gasteiger partial charge >= 0.3 is 6.07 Å². The monoisotopic (exact) mass is 458 g/mol. The largest absolute Gasteiger partial charge is 0.380 e. The molecule has 0 aromatic heterocycles. The predicted molar refractivity (Wildman–Crippen MR) is 125 cm³/mol. The van der Waals surface area contributed by atoms with Crippen LogP contribution in [0.2, 0.25) is 0 Å². The molecule has 0 N–H and O–H groups in total. The zero-order chi connectivity index (χ0) is 20.9. The van der Waals surface area contributed by atoms with Gasteiger partial charge in [0.1, 0.15) is 0 Å². The lowest BCUT2D eigenvalue weighted by atomic mass is 10.0. The van der Waals surface area contributed by atoms with E-state index < -0.39 is 6.07 Å². The van der Waals surface area contributed by atoms with E-state index >= 15 is 0 Å². The van der Waals surface area contributed by atoms with E-state index in [1.165, 1.54) is 96.3 Å². The smallest absolute Gasteiger partial charge is 0.376 e. The molecule has 0 aromatic carbocycles. The molecule has 0 heterocycles. The Balaban J connectivity index is 3.34. The molecule has 0 aliphatic rings. The van der Waals surface area contributed by atoms with E-state index in [1.807, 2.05) is 6.92 Å². The maximum absolute atomic E-state index is 11.2. The van der Waals surface area contributed by atoms with E-state index in [4.69, 9.17) is 31.7 Å². The highest BCUT2D eigenvalue weighted by Gasteiger charge is 2.18. The molecule has 0 radical (unpaired) electrons.